The zero-order chi connectivity index (χ0) is 20.6. The van der Waals surface area contributed by atoms with Gasteiger partial charge in [0.15, 0.2) is 0 Å². The third-order valence-corrected chi connectivity index (χ3v) is 4.46. The van der Waals surface area contributed by atoms with Crippen LogP contribution in [0, 0.1) is 0 Å². The summed E-state index contributed by atoms with van der Waals surface area (Å²) in [6.45, 7) is 2.04. The number of pyridine rings is 1. The summed E-state index contributed by atoms with van der Waals surface area (Å²) in [5.41, 5.74) is 2.85. The molecule has 0 saturated heterocycles. The maximum Gasteiger partial charge on any atom is 0.411 e. The minimum atomic E-state index is -0.550. The van der Waals surface area contributed by atoms with Crippen LogP contribution in [0.1, 0.15) is 34.5 Å². The summed E-state index contributed by atoms with van der Waals surface area (Å²) >= 11 is 5.83. The lowest BCUT2D eigenvalue weighted by Gasteiger charge is -2.15. The molecule has 29 heavy (non-hydrogen) atoms. The average Bonchev–Trinajstić information content (AvgIpc) is 2.74. The Bertz CT molecular complexity index is 961. The molecular formula is C22H20ClN3O3. The van der Waals surface area contributed by atoms with Gasteiger partial charge < -0.3 is 10.1 Å². The van der Waals surface area contributed by atoms with Gasteiger partial charge in [0, 0.05) is 23.1 Å². The Balaban J connectivity index is 1.50. The molecule has 6 nitrogen and oxygen atoms in total. The van der Waals surface area contributed by atoms with Crippen molar-refractivity contribution in [1.29, 1.82) is 0 Å². The molecule has 2 aromatic carbocycles. The van der Waals surface area contributed by atoms with Gasteiger partial charge in [-0.05, 0) is 54.4 Å². The fraction of sp³-hybridized carbons (Fsp3) is 0.136. The first-order chi connectivity index (χ1) is 14.0. The van der Waals surface area contributed by atoms with E-state index in [4.69, 9.17) is 16.3 Å². The number of anilines is 1. The molecule has 0 aliphatic heterocycles. The van der Waals surface area contributed by atoms with Crippen LogP contribution in [0.25, 0.3) is 0 Å². The number of nitrogens with zero attached hydrogens (tertiary/aromatic N) is 1. The molecule has 0 aliphatic carbocycles. The second kappa shape index (κ2) is 9.71. The SMILES string of the molecule is C[C@H](NC(=O)c1cccnc1)c1ccc(NC(=O)OCc2ccc(Cl)cc2)cc1. The number of rotatable bonds is 6. The monoisotopic (exact) mass is 409 g/mol. The lowest BCUT2D eigenvalue weighted by molar-refractivity contribution is 0.0939. The van der Waals surface area contributed by atoms with E-state index in [0.29, 0.717) is 16.3 Å². The standard InChI is InChI=1S/C22H20ClN3O3/c1-15(25-21(27)18-3-2-12-24-13-18)17-6-10-20(11-7-17)26-22(28)29-14-16-4-8-19(23)9-5-16/h2-13,15H,14H2,1H3,(H,25,27)(H,26,28)/t15-/m0/s1. The second-order valence-electron chi connectivity index (χ2n) is 6.39. The van der Waals surface area contributed by atoms with Crippen LogP contribution in [0.5, 0.6) is 0 Å². The maximum absolute atomic E-state index is 12.2. The zero-order valence-corrected chi connectivity index (χ0v) is 16.5. The highest BCUT2D eigenvalue weighted by molar-refractivity contribution is 6.30. The topological polar surface area (TPSA) is 80.3 Å². The summed E-state index contributed by atoms with van der Waals surface area (Å²) in [5, 5.41) is 6.22. The van der Waals surface area contributed by atoms with Crippen molar-refractivity contribution < 1.29 is 14.3 Å². The summed E-state index contributed by atoms with van der Waals surface area (Å²) < 4.78 is 5.20. The number of aromatic nitrogens is 1. The van der Waals surface area contributed by atoms with Gasteiger partial charge in [0.1, 0.15) is 6.61 Å². The summed E-state index contributed by atoms with van der Waals surface area (Å²) in [4.78, 5) is 28.1. The van der Waals surface area contributed by atoms with Gasteiger partial charge in [0.25, 0.3) is 5.91 Å². The molecule has 1 aromatic heterocycles. The second-order valence-corrected chi connectivity index (χ2v) is 6.82. The number of amides is 2. The molecule has 2 amide bonds. The van der Waals surface area contributed by atoms with E-state index in [2.05, 4.69) is 15.6 Å². The van der Waals surface area contributed by atoms with E-state index in [1.807, 2.05) is 19.1 Å². The van der Waals surface area contributed by atoms with E-state index in [0.717, 1.165) is 11.1 Å². The summed E-state index contributed by atoms with van der Waals surface area (Å²) in [6, 6.07) is 17.5. The molecule has 7 heteroatoms. The normalized spacial score (nSPS) is 11.4. The zero-order valence-electron chi connectivity index (χ0n) is 15.8. The van der Waals surface area contributed by atoms with Gasteiger partial charge >= 0.3 is 6.09 Å². The van der Waals surface area contributed by atoms with Crippen LogP contribution >= 0.6 is 11.6 Å². The van der Waals surface area contributed by atoms with E-state index in [1.165, 1.54) is 6.20 Å². The van der Waals surface area contributed by atoms with Gasteiger partial charge in [-0.15, -0.1) is 0 Å². The number of benzene rings is 2. The van der Waals surface area contributed by atoms with Crippen molar-refractivity contribution in [3.05, 3.63) is 94.8 Å². The van der Waals surface area contributed by atoms with Gasteiger partial charge in [-0.1, -0.05) is 35.9 Å². The molecule has 148 valence electrons. The third kappa shape index (κ3) is 6.05. The molecule has 3 aromatic rings. The highest BCUT2D eigenvalue weighted by atomic mass is 35.5. The molecule has 0 radical (unpaired) electrons. The van der Waals surface area contributed by atoms with E-state index in [9.17, 15) is 9.59 Å². The van der Waals surface area contributed by atoms with Crippen LogP contribution < -0.4 is 10.6 Å². The van der Waals surface area contributed by atoms with Gasteiger partial charge in [-0.25, -0.2) is 4.79 Å². The van der Waals surface area contributed by atoms with Crippen LogP contribution in [0.3, 0.4) is 0 Å². The quantitative estimate of drug-likeness (QED) is 0.602. The number of carbonyl (C=O) groups is 2. The molecule has 0 saturated carbocycles. The molecule has 1 atom stereocenters. The first-order valence-corrected chi connectivity index (χ1v) is 9.38. The predicted molar refractivity (Wildman–Crippen MR) is 112 cm³/mol. The van der Waals surface area contributed by atoms with E-state index >= 15 is 0 Å². The Labute approximate surface area is 173 Å². The number of nitrogens with one attached hydrogen (secondary N) is 2. The number of hydrogen-bond acceptors (Lipinski definition) is 4. The Hall–Kier alpha value is -3.38. The maximum atomic E-state index is 12.2. The molecular weight excluding hydrogens is 390 g/mol. The number of carbonyl (C=O) groups excluding carboxylic acids is 2. The first-order valence-electron chi connectivity index (χ1n) is 9.00. The smallest absolute Gasteiger partial charge is 0.411 e. The molecule has 0 aliphatic rings. The van der Waals surface area contributed by atoms with E-state index < -0.39 is 6.09 Å². The van der Waals surface area contributed by atoms with Crippen molar-refractivity contribution in [3.8, 4) is 0 Å². The van der Waals surface area contributed by atoms with Crippen LogP contribution in [-0.2, 0) is 11.3 Å². The van der Waals surface area contributed by atoms with Crippen LogP contribution in [0.4, 0.5) is 10.5 Å². The van der Waals surface area contributed by atoms with Crippen molar-refractivity contribution in [2.75, 3.05) is 5.32 Å². The fourth-order valence-corrected chi connectivity index (χ4v) is 2.72. The Morgan fingerprint density at radius 3 is 2.45 bits per heavy atom. The van der Waals surface area contributed by atoms with Crippen molar-refractivity contribution in [1.82, 2.24) is 10.3 Å². The molecule has 3 rings (SSSR count). The minimum absolute atomic E-state index is 0.151. The van der Waals surface area contributed by atoms with Gasteiger partial charge in [-0.3, -0.25) is 15.1 Å². The van der Waals surface area contributed by atoms with Gasteiger partial charge in [-0.2, -0.15) is 0 Å². The summed E-state index contributed by atoms with van der Waals surface area (Å²) in [7, 11) is 0. The van der Waals surface area contributed by atoms with Crippen LogP contribution in [0.15, 0.2) is 73.1 Å². The van der Waals surface area contributed by atoms with Crippen molar-refractivity contribution >= 4 is 29.3 Å². The minimum Gasteiger partial charge on any atom is -0.444 e. The van der Waals surface area contributed by atoms with Crippen molar-refractivity contribution in [2.24, 2.45) is 0 Å². The van der Waals surface area contributed by atoms with E-state index in [1.54, 1.807) is 54.7 Å². The first kappa shape index (κ1) is 20.4. The fourth-order valence-electron chi connectivity index (χ4n) is 2.60. The molecule has 0 unspecified atom stereocenters. The molecule has 0 bridgehead atoms. The van der Waals surface area contributed by atoms with Crippen molar-refractivity contribution in [3.63, 3.8) is 0 Å². The Morgan fingerprint density at radius 1 is 1.07 bits per heavy atom. The third-order valence-electron chi connectivity index (χ3n) is 4.21. The lowest BCUT2D eigenvalue weighted by Crippen LogP contribution is -2.26. The summed E-state index contributed by atoms with van der Waals surface area (Å²) in [6.07, 6.45) is 2.59. The number of ether oxygens (including phenoxy) is 1. The Kier molecular flexibility index (Phi) is 6.81. The average molecular weight is 410 g/mol. The van der Waals surface area contributed by atoms with Crippen LogP contribution in [-0.4, -0.2) is 17.0 Å². The highest BCUT2D eigenvalue weighted by Gasteiger charge is 2.12. The lowest BCUT2D eigenvalue weighted by atomic mass is 10.1. The molecule has 0 spiro atoms. The number of hydrogen-bond donors (Lipinski definition) is 2. The Morgan fingerprint density at radius 2 is 1.79 bits per heavy atom. The largest absolute Gasteiger partial charge is 0.444 e. The van der Waals surface area contributed by atoms with Crippen molar-refractivity contribution in [2.45, 2.75) is 19.6 Å². The number of halogens is 1. The molecule has 1 heterocycles. The molecule has 0 fully saturated rings. The predicted octanol–water partition coefficient (Wildman–Crippen LogP) is 4.97. The van der Waals surface area contributed by atoms with Gasteiger partial charge in [0.2, 0.25) is 0 Å². The molecule has 2 N–H and O–H groups in total. The summed E-state index contributed by atoms with van der Waals surface area (Å²) in [5.74, 6) is -0.196. The van der Waals surface area contributed by atoms with Gasteiger partial charge in [0.05, 0.1) is 11.6 Å². The highest BCUT2D eigenvalue weighted by Crippen LogP contribution is 2.17. The van der Waals surface area contributed by atoms with Crippen LogP contribution in [0.2, 0.25) is 5.02 Å². The van der Waals surface area contributed by atoms with E-state index in [-0.39, 0.29) is 18.6 Å².